The molecular weight excluding hydrogens is 1750 g/mol. The summed E-state index contributed by atoms with van der Waals surface area (Å²) in [6.07, 6.45) is 0. The third-order valence-electron chi connectivity index (χ3n) is 25.7. The number of para-hydroxylation sites is 1. The summed E-state index contributed by atoms with van der Waals surface area (Å²) in [6.45, 7) is 7.57. The molecule has 21 aromatic carbocycles. The molecule has 0 N–H and O–H groups in total. The van der Waals surface area contributed by atoms with Crippen LogP contribution in [0.1, 0.15) is 11.1 Å². The van der Waals surface area contributed by atoms with Gasteiger partial charge in [0.1, 0.15) is 0 Å². The first-order valence-corrected chi connectivity index (χ1v) is 47.5. The third kappa shape index (κ3) is 19.5. The maximum Gasteiger partial charge on any atom is 0.194 e. The van der Waals surface area contributed by atoms with Gasteiger partial charge >= 0.3 is 0 Å². The topological polar surface area (TPSA) is 168 Å². The van der Waals surface area contributed by atoms with Gasteiger partial charge in [-0.05, 0) is 193 Å². The van der Waals surface area contributed by atoms with Gasteiger partial charge in [-0.1, -0.05) is 449 Å². The molecule has 0 unspecified atom stereocenters. The molecule has 24 rings (SSSR count). The zero-order valence-corrected chi connectivity index (χ0v) is 77.9. The first-order chi connectivity index (χ1) is 71.2. The van der Waals surface area contributed by atoms with Gasteiger partial charge in [-0.25, -0.2) is 49.7 Å². The molecule has 0 fully saturated rings. The Labute approximate surface area is 834 Å². The molecule has 12 nitrogen and oxygen atoms in total. The minimum Gasteiger partial charge on any atom is -0.238 e. The van der Waals surface area contributed by atoms with Gasteiger partial charge in [0.25, 0.3) is 0 Å². The quantitative estimate of drug-likeness (QED) is 0.0750. The Morgan fingerprint density at radius 1 is 0.153 bits per heavy atom. The molecule has 24 aromatic rings. The fourth-order valence-electron chi connectivity index (χ4n) is 18.2. The molecule has 0 amide bonds. The highest BCUT2D eigenvalue weighted by Gasteiger charge is 2.21. The van der Waals surface area contributed by atoms with Crippen molar-refractivity contribution in [3.8, 4) is 215 Å². The highest BCUT2D eigenvalue weighted by atomic mass is 15.1. The lowest BCUT2D eigenvalue weighted by Gasteiger charge is -2.13. The van der Waals surface area contributed by atoms with Gasteiger partial charge in [0, 0.05) is 50.1 Å². The van der Waals surface area contributed by atoms with Crippen molar-refractivity contribution in [1.29, 1.82) is 10.5 Å². The summed E-state index contributed by atoms with van der Waals surface area (Å²) in [7, 11) is 0. The Hall–Kier alpha value is -20.1. The summed E-state index contributed by atoms with van der Waals surface area (Å²) >= 11 is 0. The maximum absolute atomic E-state index is 9.34. The smallest absolute Gasteiger partial charge is 0.194 e. The normalized spacial score (nSPS) is 10.9. The second-order valence-corrected chi connectivity index (χ2v) is 34.8. The van der Waals surface area contributed by atoms with Crippen molar-refractivity contribution < 1.29 is 0 Å². The molecule has 0 aliphatic carbocycles. The Morgan fingerprint density at radius 3 is 0.639 bits per heavy atom. The zero-order chi connectivity index (χ0) is 96.9. The molecule has 144 heavy (non-hydrogen) atoms. The third-order valence-corrected chi connectivity index (χ3v) is 25.7. The van der Waals surface area contributed by atoms with Crippen molar-refractivity contribution >= 4 is 38.0 Å². The summed E-state index contributed by atoms with van der Waals surface area (Å²) in [5.41, 5.74) is 30.4. The molecule has 12 heteroatoms. The standard InChI is InChI=1S/3C44H28N4/c1-45-41-19-11-10-18-39(41)31-22-24-32(25-23-31)40-29-37(28-36-16-8-9-17-38(36)40)30-20-26-35(27-21-30)44-47-42(33-12-4-2-5-13-33)46-43(48-44)34-14-6-3-7-15-34;45-29-30-10-9-16-37(26-30)31-18-22-33(23-19-31)41-28-39(27-38-15-7-8-17-40(38)41)32-20-24-36(25-21-32)44-47-42(34-11-3-1-4-12-34)46-43(48-44)35-13-5-2-6-14-35;45-29-30-15-17-31(18-16-30)32-19-23-34(24-20-32)41-28-39(27-38-13-7-8-14-40(38)41)33-21-25-37(26-22-33)44-47-42(35-9-3-1-4-10-35)46-43(48-44)36-11-5-2-6-12-36/h2-29H;2*1-28H. The van der Waals surface area contributed by atoms with Crippen LogP contribution in [-0.4, -0.2) is 44.9 Å². The molecule has 0 bridgehead atoms. The lowest BCUT2D eigenvalue weighted by molar-refractivity contribution is 1.07. The minimum atomic E-state index is 0.633. The van der Waals surface area contributed by atoms with Crippen molar-refractivity contribution in [2.45, 2.75) is 0 Å². The SMILES string of the molecule is N#Cc1ccc(-c2ccc(-c3cc(-c4ccc(-c5nc(-c6ccccc6)nc(-c6ccccc6)n5)cc4)cc4ccccc34)cc2)cc1.N#Cc1cccc(-c2ccc(-c3cc(-c4ccc(-c5nc(-c6ccccc6)nc(-c6ccccc6)n5)cc4)cc4ccccc34)cc2)c1.[C-]#[N+]c1ccccc1-c1ccc(-c2cc(-c3ccc(-c4nc(-c5ccccc5)nc(-c5ccccc5)n4)cc3)cc3ccccc23)cc1. The van der Waals surface area contributed by atoms with E-state index in [-0.39, 0.29) is 0 Å². The van der Waals surface area contributed by atoms with Gasteiger partial charge < -0.3 is 0 Å². The number of aromatic nitrogens is 9. The molecule has 3 aromatic heterocycles. The van der Waals surface area contributed by atoms with Crippen molar-refractivity contribution in [3.05, 3.63) is 532 Å². The van der Waals surface area contributed by atoms with E-state index in [0.717, 1.165) is 139 Å². The summed E-state index contributed by atoms with van der Waals surface area (Å²) in [6, 6.07) is 178. The van der Waals surface area contributed by atoms with Gasteiger partial charge in [0.05, 0.1) is 29.8 Å². The number of fused-ring (bicyclic) bond motifs is 3. The van der Waals surface area contributed by atoms with Gasteiger partial charge in [-0.2, -0.15) is 10.5 Å². The number of benzene rings is 21. The van der Waals surface area contributed by atoms with E-state index in [2.05, 4.69) is 272 Å². The van der Waals surface area contributed by atoms with Crippen LogP contribution in [0.5, 0.6) is 0 Å². The Kier molecular flexibility index (Phi) is 25.4. The highest BCUT2D eigenvalue weighted by molar-refractivity contribution is 6.04. The van der Waals surface area contributed by atoms with Crippen molar-refractivity contribution in [1.82, 2.24) is 44.9 Å². The zero-order valence-electron chi connectivity index (χ0n) is 77.9. The largest absolute Gasteiger partial charge is 0.238 e. The van der Waals surface area contributed by atoms with Crippen LogP contribution in [0.3, 0.4) is 0 Å². The second kappa shape index (κ2) is 41.1. The van der Waals surface area contributed by atoms with E-state index in [1.807, 2.05) is 255 Å². The van der Waals surface area contributed by atoms with Gasteiger partial charge in [-0.3, -0.25) is 0 Å². The lowest BCUT2D eigenvalue weighted by Crippen LogP contribution is -2.00. The maximum atomic E-state index is 9.34. The average Bonchev–Trinajstić information content (AvgIpc) is 0.776. The van der Waals surface area contributed by atoms with Crippen LogP contribution in [0.4, 0.5) is 5.69 Å². The molecule has 0 aliphatic rings. The predicted octanol–water partition coefficient (Wildman–Crippen LogP) is 33.4. The molecule has 0 aliphatic heterocycles. The summed E-state index contributed by atoms with van der Waals surface area (Å²) < 4.78 is 0. The van der Waals surface area contributed by atoms with Crippen LogP contribution in [0, 0.1) is 29.2 Å². The van der Waals surface area contributed by atoms with Gasteiger partial charge in [0.2, 0.25) is 0 Å². The van der Waals surface area contributed by atoms with Crippen LogP contribution < -0.4 is 0 Å². The highest BCUT2D eigenvalue weighted by Crippen LogP contribution is 2.43. The predicted molar refractivity (Wildman–Crippen MR) is 586 cm³/mol. The van der Waals surface area contributed by atoms with E-state index in [9.17, 15) is 5.26 Å². The molecular formula is C132H84N12. The van der Waals surface area contributed by atoms with E-state index in [1.165, 1.54) is 43.4 Å². The van der Waals surface area contributed by atoms with Gasteiger partial charge in [0.15, 0.2) is 58.1 Å². The van der Waals surface area contributed by atoms with Crippen molar-refractivity contribution in [2.24, 2.45) is 0 Å². The lowest BCUT2D eigenvalue weighted by atomic mass is 9.92. The number of hydrogen-bond donors (Lipinski definition) is 0. The fourth-order valence-corrected chi connectivity index (χ4v) is 18.2. The average molecular weight is 1840 g/mol. The first kappa shape index (κ1) is 89.1. The molecule has 0 saturated carbocycles. The van der Waals surface area contributed by atoms with Crippen LogP contribution in [0.2, 0.25) is 0 Å². The molecule has 672 valence electrons. The van der Waals surface area contributed by atoms with E-state index < -0.39 is 0 Å². The fraction of sp³-hybridized carbons (Fsp3) is 0. The summed E-state index contributed by atoms with van der Waals surface area (Å²) in [4.78, 5) is 47.6. The van der Waals surface area contributed by atoms with Crippen LogP contribution in [-0.2, 0) is 0 Å². The Balaban J connectivity index is 0.000000123. The van der Waals surface area contributed by atoms with E-state index in [4.69, 9.17) is 56.7 Å². The van der Waals surface area contributed by atoms with Crippen LogP contribution >= 0.6 is 0 Å². The molecule has 0 spiro atoms. The molecule has 3 heterocycles. The molecule has 0 radical (unpaired) electrons. The van der Waals surface area contributed by atoms with E-state index >= 15 is 0 Å². The summed E-state index contributed by atoms with van der Waals surface area (Å²) in [5, 5.41) is 25.6. The van der Waals surface area contributed by atoms with E-state index in [1.54, 1.807) is 0 Å². The number of nitriles is 2. The van der Waals surface area contributed by atoms with Crippen molar-refractivity contribution in [3.63, 3.8) is 0 Å². The second-order valence-electron chi connectivity index (χ2n) is 34.8. The summed E-state index contributed by atoms with van der Waals surface area (Å²) in [5.74, 6) is 5.77. The number of hydrogen-bond acceptors (Lipinski definition) is 11. The van der Waals surface area contributed by atoms with E-state index in [0.29, 0.717) is 69.2 Å². The molecule has 0 saturated heterocycles. The minimum absolute atomic E-state index is 0.633. The van der Waals surface area contributed by atoms with Crippen LogP contribution in [0.15, 0.2) is 510 Å². The first-order valence-electron chi connectivity index (χ1n) is 47.5. The Bertz CT molecular complexity index is 8760. The molecule has 0 atom stereocenters. The Morgan fingerprint density at radius 2 is 0.361 bits per heavy atom. The van der Waals surface area contributed by atoms with Crippen LogP contribution in [0.25, 0.3) is 240 Å². The monoisotopic (exact) mass is 1840 g/mol. The van der Waals surface area contributed by atoms with Crippen molar-refractivity contribution in [2.75, 3.05) is 0 Å². The van der Waals surface area contributed by atoms with Gasteiger partial charge in [-0.15, -0.1) is 0 Å². The number of nitrogens with zero attached hydrogens (tertiary/aromatic N) is 12. The number of rotatable bonds is 18.